The average Bonchev–Trinajstić information content (AvgIpc) is 3.15. The van der Waals surface area contributed by atoms with Crippen molar-refractivity contribution in [3.63, 3.8) is 0 Å². The smallest absolute Gasteiger partial charge is 0.335 e. The maximum atomic E-state index is 12.6. The van der Waals surface area contributed by atoms with Gasteiger partial charge in [0, 0.05) is 17.8 Å². The molecule has 2 N–H and O–H groups in total. The number of rotatable bonds is 3. The van der Waals surface area contributed by atoms with E-state index >= 15 is 0 Å². The number of hydrogen-bond acceptors (Lipinski definition) is 5. The van der Waals surface area contributed by atoms with Crippen LogP contribution in [0.5, 0.6) is 0 Å². The van der Waals surface area contributed by atoms with Gasteiger partial charge in [-0.2, -0.15) is 0 Å². The molecule has 3 aromatic rings. The minimum Gasteiger partial charge on any atom is -0.874 e. The van der Waals surface area contributed by atoms with E-state index in [-0.39, 0.29) is 29.3 Å². The lowest BCUT2D eigenvalue weighted by Crippen LogP contribution is -2.28. The number of carboxylic acid groups (broad SMARTS) is 1. The van der Waals surface area contributed by atoms with Gasteiger partial charge in [0.2, 0.25) is 0 Å². The van der Waals surface area contributed by atoms with Crippen molar-refractivity contribution in [2.45, 2.75) is 6.92 Å². The van der Waals surface area contributed by atoms with Crippen LogP contribution in [-0.4, -0.2) is 28.4 Å². The molecule has 0 fully saturated rings. The molecule has 0 radical (unpaired) electrons. The first kappa shape index (κ1) is 16.3. The number of aromatic nitrogens is 1. The van der Waals surface area contributed by atoms with E-state index in [9.17, 15) is 15.0 Å². The molecular weight excluding hydrogens is 350 g/mol. The lowest BCUT2D eigenvalue weighted by atomic mass is 10.1. The summed E-state index contributed by atoms with van der Waals surface area (Å²) in [5, 5.41) is 30.9. The van der Waals surface area contributed by atoms with Crippen LogP contribution in [0, 0.1) is 12.3 Å². The van der Waals surface area contributed by atoms with Gasteiger partial charge in [-0.15, -0.1) is 11.3 Å². The number of aromatic carboxylic acids is 1. The minimum atomic E-state index is -1.04. The van der Waals surface area contributed by atoms with Crippen LogP contribution in [0.15, 0.2) is 48.2 Å². The third kappa shape index (κ3) is 2.53. The summed E-state index contributed by atoms with van der Waals surface area (Å²) < 4.78 is 0.957. The van der Waals surface area contributed by atoms with Crippen LogP contribution < -0.4 is 10.0 Å². The van der Waals surface area contributed by atoms with Crippen LogP contribution in [0.2, 0.25) is 0 Å². The van der Waals surface area contributed by atoms with Crippen LogP contribution >= 0.6 is 11.3 Å². The Labute approximate surface area is 153 Å². The van der Waals surface area contributed by atoms with Crippen molar-refractivity contribution >= 4 is 44.6 Å². The van der Waals surface area contributed by atoms with Gasteiger partial charge in [-0.1, -0.05) is 24.0 Å². The quantitative estimate of drug-likeness (QED) is 0.744. The Morgan fingerprint density at radius 2 is 2.08 bits per heavy atom. The summed E-state index contributed by atoms with van der Waals surface area (Å²) in [6.07, 6.45) is 0. The summed E-state index contributed by atoms with van der Waals surface area (Å²) in [4.78, 5) is 17.3. The molecule has 4 rings (SSSR count). The summed E-state index contributed by atoms with van der Waals surface area (Å²) in [6.45, 7) is 1.84. The van der Waals surface area contributed by atoms with Crippen LogP contribution in [0.3, 0.4) is 0 Å². The Balaban J connectivity index is 1.75. The molecule has 0 unspecified atom stereocenters. The Morgan fingerprint density at radius 1 is 1.31 bits per heavy atom. The van der Waals surface area contributed by atoms with Crippen molar-refractivity contribution in [2.24, 2.45) is 0 Å². The van der Waals surface area contributed by atoms with Crippen LogP contribution in [0.4, 0.5) is 5.69 Å². The Morgan fingerprint density at radius 3 is 2.81 bits per heavy atom. The number of nitrogens with zero attached hydrogens (tertiary/aromatic N) is 2. The molecule has 2 heterocycles. The highest BCUT2D eigenvalue weighted by atomic mass is 32.1. The largest absolute Gasteiger partial charge is 0.874 e. The number of nitrogens with one attached hydrogen (secondary N) is 1. The SMILES string of the molecule is Cc1ccc(C(=O)O)cc1N1CC([O-])=C(c2nc3ccccc3s2)C1=N. The predicted octanol–water partition coefficient (Wildman–Crippen LogP) is 2.87. The van der Waals surface area contributed by atoms with E-state index in [1.54, 1.807) is 11.0 Å². The number of amidine groups is 1. The van der Waals surface area contributed by atoms with E-state index in [1.165, 1.54) is 23.5 Å². The van der Waals surface area contributed by atoms with Gasteiger partial charge in [-0.05, 0) is 36.8 Å². The van der Waals surface area contributed by atoms with Crippen molar-refractivity contribution in [3.05, 3.63) is 64.4 Å². The lowest BCUT2D eigenvalue weighted by Gasteiger charge is -2.22. The molecule has 0 bridgehead atoms. The Kier molecular flexibility index (Phi) is 3.73. The number of thiazole rings is 1. The molecule has 26 heavy (non-hydrogen) atoms. The third-order valence-corrected chi connectivity index (χ3v) is 5.40. The maximum absolute atomic E-state index is 12.6. The van der Waals surface area contributed by atoms with Gasteiger partial charge >= 0.3 is 5.97 Å². The van der Waals surface area contributed by atoms with Gasteiger partial charge in [0.15, 0.2) is 0 Å². The third-order valence-electron chi connectivity index (χ3n) is 4.34. The topological polar surface area (TPSA) is 100 Å². The van der Waals surface area contributed by atoms with E-state index in [2.05, 4.69) is 4.98 Å². The zero-order valence-electron chi connectivity index (χ0n) is 13.8. The van der Waals surface area contributed by atoms with Gasteiger partial charge in [-0.25, -0.2) is 9.78 Å². The van der Waals surface area contributed by atoms with Crippen LogP contribution in [-0.2, 0) is 0 Å². The van der Waals surface area contributed by atoms with E-state index < -0.39 is 5.97 Å². The standard InChI is InChI=1S/C19H15N3O3S/c1-10-6-7-11(19(24)25)8-13(10)22-9-14(23)16(17(22)20)18-21-12-4-2-3-5-15(12)26-18/h2-8,20,23H,9H2,1H3,(H,24,25)/p-1. The number of hydrogen-bond donors (Lipinski definition) is 2. The zero-order valence-corrected chi connectivity index (χ0v) is 14.6. The number of fused-ring (bicyclic) bond motifs is 1. The molecular formula is C19H14N3O3S-. The fourth-order valence-electron chi connectivity index (χ4n) is 3.01. The summed E-state index contributed by atoms with van der Waals surface area (Å²) in [6, 6.07) is 12.3. The second-order valence-electron chi connectivity index (χ2n) is 6.03. The molecule has 2 aromatic carbocycles. The zero-order chi connectivity index (χ0) is 18.4. The molecule has 6 nitrogen and oxygen atoms in total. The lowest BCUT2D eigenvalue weighted by molar-refractivity contribution is -0.300. The number of aryl methyl sites for hydroxylation is 1. The highest BCUT2D eigenvalue weighted by Crippen LogP contribution is 2.35. The molecule has 0 saturated heterocycles. The summed E-state index contributed by atoms with van der Waals surface area (Å²) >= 11 is 1.38. The van der Waals surface area contributed by atoms with Gasteiger partial charge in [0.1, 0.15) is 10.8 Å². The van der Waals surface area contributed by atoms with Crippen molar-refractivity contribution in [1.82, 2.24) is 4.98 Å². The van der Waals surface area contributed by atoms with Crippen molar-refractivity contribution in [3.8, 4) is 0 Å². The Hall–Kier alpha value is -3.19. The van der Waals surface area contributed by atoms with Gasteiger partial charge in [0.05, 0.1) is 15.8 Å². The number of carboxylic acids is 1. The Bertz CT molecular complexity index is 1070. The molecule has 1 aromatic heterocycles. The van der Waals surface area contributed by atoms with Crippen molar-refractivity contribution in [1.29, 1.82) is 5.41 Å². The van der Waals surface area contributed by atoms with E-state index in [4.69, 9.17) is 5.41 Å². The van der Waals surface area contributed by atoms with E-state index in [1.807, 2.05) is 31.2 Å². The molecule has 1 aliphatic rings. The van der Waals surface area contributed by atoms with Crippen LogP contribution in [0.25, 0.3) is 15.8 Å². The second-order valence-corrected chi connectivity index (χ2v) is 7.06. The van der Waals surface area contributed by atoms with Gasteiger partial charge in [0.25, 0.3) is 0 Å². The predicted molar refractivity (Wildman–Crippen MR) is 99.8 cm³/mol. The highest BCUT2D eigenvalue weighted by Gasteiger charge is 2.28. The fourth-order valence-corrected chi connectivity index (χ4v) is 4.04. The van der Waals surface area contributed by atoms with Gasteiger partial charge < -0.3 is 15.1 Å². The molecule has 7 heteroatoms. The first-order chi connectivity index (χ1) is 12.5. The number of anilines is 1. The average molecular weight is 364 g/mol. The van der Waals surface area contributed by atoms with Crippen molar-refractivity contribution in [2.75, 3.05) is 11.4 Å². The van der Waals surface area contributed by atoms with Crippen molar-refractivity contribution < 1.29 is 15.0 Å². The second kappa shape index (κ2) is 5.96. The normalized spacial score (nSPS) is 14.5. The number of benzene rings is 2. The summed E-state index contributed by atoms with van der Waals surface area (Å²) in [5.74, 6) is -1.17. The van der Waals surface area contributed by atoms with E-state index in [0.29, 0.717) is 10.7 Å². The first-order valence-corrected chi connectivity index (χ1v) is 8.74. The van der Waals surface area contributed by atoms with E-state index in [0.717, 1.165) is 15.8 Å². The van der Waals surface area contributed by atoms with Crippen LogP contribution in [0.1, 0.15) is 20.9 Å². The minimum absolute atomic E-state index is 0.00794. The first-order valence-electron chi connectivity index (χ1n) is 7.92. The molecule has 0 atom stereocenters. The number of carbonyl (C=O) groups is 1. The molecule has 130 valence electrons. The highest BCUT2D eigenvalue weighted by molar-refractivity contribution is 7.19. The molecule has 0 saturated carbocycles. The maximum Gasteiger partial charge on any atom is 0.335 e. The molecule has 0 spiro atoms. The monoisotopic (exact) mass is 364 g/mol. The number of para-hydroxylation sites is 1. The fraction of sp³-hybridized carbons (Fsp3) is 0.105. The summed E-state index contributed by atoms with van der Waals surface area (Å²) in [5.41, 5.74) is 2.56. The van der Waals surface area contributed by atoms with Gasteiger partial charge in [-0.3, -0.25) is 5.41 Å². The molecule has 0 aliphatic carbocycles. The molecule has 0 amide bonds. The summed E-state index contributed by atoms with van der Waals surface area (Å²) in [7, 11) is 0. The molecule has 1 aliphatic heterocycles.